The summed E-state index contributed by atoms with van der Waals surface area (Å²) in [6, 6.07) is 7.71. The average molecular weight is 358 g/mol. The third-order valence-electron chi connectivity index (χ3n) is 2.16. The van der Waals surface area contributed by atoms with Gasteiger partial charge in [0.2, 0.25) is 0 Å². The Hall–Kier alpha value is -1.07. The molecule has 0 unspecified atom stereocenters. The lowest BCUT2D eigenvalue weighted by atomic mass is 10.3. The zero-order valence-electron chi connectivity index (χ0n) is 9.08. The first-order valence-electron chi connectivity index (χ1n) is 4.90. The first kappa shape index (κ1) is 12.4. The molecule has 0 saturated heterocycles. The molecule has 0 aliphatic carbocycles. The molecular weight excluding hydrogens is 348 g/mol. The Morgan fingerprint density at radius 1 is 1.18 bits per heavy atom. The number of rotatable bonds is 3. The second-order valence-corrected chi connectivity index (χ2v) is 5.13. The molecule has 17 heavy (non-hydrogen) atoms. The van der Waals surface area contributed by atoms with Gasteiger partial charge < -0.3 is 10.1 Å². The maximum Gasteiger partial charge on any atom is 0.121 e. The molecule has 0 atom stereocenters. The van der Waals surface area contributed by atoms with Crippen molar-refractivity contribution in [1.29, 1.82) is 0 Å². The number of pyridine rings is 1. The summed E-state index contributed by atoms with van der Waals surface area (Å²) < 4.78 is 7.09. The van der Waals surface area contributed by atoms with E-state index in [1.807, 2.05) is 24.3 Å². The van der Waals surface area contributed by atoms with Gasteiger partial charge in [-0.2, -0.15) is 0 Å². The first-order chi connectivity index (χ1) is 8.19. The van der Waals surface area contributed by atoms with E-state index in [0.29, 0.717) is 0 Å². The van der Waals surface area contributed by atoms with Gasteiger partial charge in [0.1, 0.15) is 5.75 Å². The quantitative estimate of drug-likeness (QED) is 0.886. The van der Waals surface area contributed by atoms with E-state index in [9.17, 15) is 0 Å². The van der Waals surface area contributed by atoms with Crippen molar-refractivity contribution >= 4 is 43.2 Å². The van der Waals surface area contributed by atoms with E-state index >= 15 is 0 Å². The Bertz CT molecular complexity index is 532. The van der Waals surface area contributed by atoms with Gasteiger partial charge in [-0.15, -0.1) is 0 Å². The van der Waals surface area contributed by atoms with Crippen molar-refractivity contribution in [2.75, 3.05) is 12.4 Å². The van der Waals surface area contributed by atoms with Crippen LogP contribution in [0.3, 0.4) is 0 Å². The Morgan fingerprint density at radius 2 is 2.00 bits per heavy atom. The van der Waals surface area contributed by atoms with Gasteiger partial charge in [0.15, 0.2) is 0 Å². The van der Waals surface area contributed by atoms with Crippen LogP contribution in [0.1, 0.15) is 0 Å². The summed E-state index contributed by atoms with van der Waals surface area (Å²) in [4.78, 5) is 4.10. The van der Waals surface area contributed by atoms with Gasteiger partial charge in [-0.05, 0) is 50.1 Å². The minimum absolute atomic E-state index is 0.804. The fraction of sp³-hybridized carbons (Fsp3) is 0.0833. The number of methoxy groups -OCH3 is 1. The second kappa shape index (κ2) is 5.51. The molecule has 0 amide bonds. The number of nitrogens with zero attached hydrogens (tertiary/aromatic N) is 1. The van der Waals surface area contributed by atoms with E-state index in [4.69, 9.17) is 4.74 Å². The molecule has 5 heteroatoms. The van der Waals surface area contributed by atoms with Crippen molar-refractivity contribution in [2.24, 2.45) is 0 Å². The summed E-state index contributed by atoms with van der Waals surface area (Å²) in [6.45, 7) is 0. The Morgan fingerprint density at radius 3 is 2.71 bits per heavy atom. The third kappa shape index (κ3) is 3.20. The molecule has 88 valence electrons. The van der Waals surface area contributed by atoms with Gasteiger partial charge in [-0.25, -0.2) is 0 Å². The number of benzene rings is 1. The highest BCUT2D eigenvalue weighted by Gasteiger charge is 2.03. The van der Waals surface area contributed by atoms with Crippen LogP contribution in [0.25, 0.3) is 0 Å². The molecule has 0 bridgehead atoms. The molecule has 1 aromatic heterocycles. The molecule has 0 spiro atoms. The normalized spacial score (nSPS) is 10.1. The molecule has 1 N–H and O–H groups in total. The van der Waals surface area contributed by atoms with Gasteiger partial charge in [-0.3, -0.25) is 4.98 Å². The van der Waals surface area contributed by atoms with Gasteiger partial charge in [0, 0.05) is 21.2 Å². The molecule has 1 aromatic carbocycles. The second-order valence-electron chi connectivity index (χ2n) is 3.36. The van der Waals surface area contributed by atoms with Crippen molar-refractivity contribution in [3.8, 4) is 5.75 Å². The Labute approximate surface area is 116 Å². The van der Waals surface area contributed by atoms with Crippen LogP contribution in [0.4, 0.5) is 11.4 Å². The number of anilines is 2. The van der Waals surface area contributed by atoms with Crippen molar-refractivity contribution in [3.05, 3.63) is 45.6 Å². The standard InChI is InChI=1S/C12H10Br2N2O/c1-17-10-2-3-11(14)12(5-10)16-9-4-8(13)6-15-7-9/h2-7,16H,1H3. The zero-order chi connectivity index (χ0) is 12.3. The highest BCUT2D eigenvalue weighted by Crippen LogP contribution is 2.30. The fourth-order valence-corrected chi connectivity index (χ4v) is 2.07. The molecular formula is C12H10Br2N2O. The number of halogens is 2. The van der Waals surface area contributed by atoms with Crippen LogP contribution in [0.15, 0.2) is 45.6 Å². The lowest BCUT2D eigenvalue weighted by Gasteiger charge is -2.10. The lowest BCUT2D eigenvalue weighted by molar-refractivity contribution is 0.415. The van der Waals surface area contributed by atoms with Crippen LogP contribution >= 0.6 is 31.9 Å². The minimum atomic E-state index is 0.804. The van der Waals surface area contributed by atoms with Gasteiger partial charge in [0.05, 0.1) is 24.7 Å². The molecule has 0 aliphatic heterocycles. The summed E-state index contributed by atoms with van der Waals surface area (Å²) in [6.07, 6.45) is 3.50. The molecule has 2 rings (SSSR count). The van der Waals surface area contributed by atoms with Crippen molar-refractivity contribution in [2.45, 2.75) is 0 Å². The topological polar surface area (TPSA) is 34.1 Å². The predicted molar refractivity (Wildman–Crippen MR) is 75.9 cm³/mol. The van der Waals surface area contributed by atoms with Crippen LogP contribution in [0.5, 0.6) is 5.75 Å². The molecule has 2 aromatic rings. The van der Waals surface area contributed by atoms with E-state index in [0.717, 1.165) is 26.1 Å². The number of hydrogen-bond donors (Lipinski definition) is 1. The molecule has 0 saturated carbocycles. The summed E-state index contributed by atoms with van der Waals surface area (Å²) in [5.41, 5.74) is 1.84. The van der Waals surface area contributed by atoms with Crippen molar-refractivity contribution < 1.29 is 4.74 Å². The smallest absolute Gasteiger partial charge is 0.121 e. The average Bonchev–Trinajstić information content (AvgIpc) is 2.32. The summed E-state index contributed by atoms with van der Waals surface area (Å²) in [5, 5.41) is 3.27. The molecule has 0 radical (unpaired) electrons. The van der Waals surface area contributed by atoms with Gasteiger partial charge in [0.25, 0.3) is 0 Å². The van der Waals surface area contributed by atoms with Crippen LogP contribution in [0.2, 0.25) is 0 Å². The van der Waals surface area contributed by atoms with Crippen molar-refractivity contribution in [1.82, 2.24) is 4.98 Å². The molecule has 0 aliphatic rings. The molecule has 0 fully saturated rings. The van der Waals surface area contributed by atoms with E-state index in [1.54, 1.807) is 19.5 Å². The number of hydrogen-bond acceptors (Lipinski definition) is 3. The lowest BCUT2D eigenvalue weighted by Crippen LogP contribution is -1.93. The number of nitrogens with one attached hydrogen (secondary N) is 1. The van der Waals surface area contributed by atoms with Crippen LogP contribution in [-0.4, -0.2) is 12.1 Å². The summed E-state index contributed by atoms with van der Waals surface area (Å²) >= 11 is 6.87. The first-order valence-corrected chi connectivity index (χ1v) is 6.49. The number of aromatic nitrogens is 1. The van der Waals surface area contributed by atoms with E-state index < -0.39 is 0 Å². The highest BCUT2D eigenvalue weighted by atomic mass is 79.9. The highest BCUT2D eigenvalue weighted by molar-refractivity contribution is 9.10. The van der Waals surface area contributed by atoms with Crippen LogP contribution in [-0.2, 0) is 0 Å². The maximum atomic E-state index is 5.19. The fourth-order valence-electron chi connectivity index (χ4n) is 1.36. The molecule has 1 heterocycles. The van der Waals surface area contributed by atoms with E-state index in [-0.39, 0.29) is 0 Å². The minimum Gasteiger partial charge on any atom is -0.497 e. The summed E-state index contributed by atoms with van der Waals surface area (Å²) in [5.74, 6) is 0.804. The Kier molecular flexibility index (Phi) is 4.02. The largest absolute Gasteiger partial charge is 0.497 e. The third-order valence-corrected chi connectivity index (χ3v) is 3.28. The van der Waals surface area contributed by atoms with Gasteiger partial charge in [-0.1, -0.05) is 0 Å². The van der Waals surface area contributed by atoms with E-state index in [1.165, 1.54) is 0 Å². The van der Waals surface area contributed by atoms with Crippen LogP contribution in [0, 0.1) is 0 Å². The molecule has 3 nitrogen and oxygen atoms in total. The number of ether oxygens (including phenoxy) is 1. The SMILES string of the molecule is COc1ccc(Br)c(Nc2cncc(Br)c2)c1. The maximum absolute atomic E-state index is 5.19. The van der Waals surface area contributed by atoms with Gasteiger partial charge >= 0.3 is 0 Å². The predicted octanol–water partition coefficient (Wildman–Crippen LogP) is 4.36. The van der Waals surface area contributed by atoms with Crippen LogP contribution < -0.4 is 10.1 Å². The van der Waals surface area contributed by atoms with Crippen molar-refractivity contribution in [3.63, 3.8) is 0 Å². The Balaban J connectivity index is 2.29. The monoisotopic (exact) mass is 356 g/mol. The summed E-state index contributed by atoms with van der Waals surface area (Å²) in [7, 11) is 1.65. The zero-order valence-corrected chi connectivity index (χ0v) is 12.2. The van der Waals surface area contributed by atoms with E-state index in [2.05, 4.69) is 42.2 Å².